The van der Waals surface area contributed by atoms with Crippen LogP contribution in [0.15, 0.2) is 24.8 Å². The third-order valence-electron chi connectivity index (χ3n) is 3.60. The molecule has 0 aromatic heterocycles. The van der Waals surface area contributed by atoms with Gasteiger partial charge in [0, 0.05) is 11.0 Å². The molecule has 0 saturated heterocycles. The number of hydrogen-bond acceptors (Lipinski definition) is 4. The van der Waals surface area contributed by atoms with E-state index in [0.717, 1.165) is 16.9 Å². The van der Waals surface area contributed by atoms with Crippen molar-refractivity contribution < 1.29 is 19.0 Å². The largest absolute Gasteiger partial charge is 0.496 e. The number of hydrogen-bond donors (Lipinski definition) is 0. The van der Waals surface area contributed by atoms with Crippen LogP contribution in [0, 0.1) is 6.92 Å². The van der Waals surface area contributed by atoms with Crippen molar-refractivity contribution in [1.82, 2.24) is 0 Å². The smallest absolute Gasteiger partial charge is 0.306 e. The third-order valence-corrected chi connectivity index (χ3v) is 3.60. The van der Waals surface area contributed by atoms with E-state index in [4.69, 9.17) is 14.2 Å². The molecule has 0 spiro atoms. The number of carbonyl (C=O) groups is 1. The Kier molecular flexibility index (Phi) is 5.82. The SMILES string of the molecule is C=CC(C)(CC(=O)OCC)c1cc(OC)c(C)cc1OC. The molecule has 0 radical (unpaired) electrons. The predicted octanol–water partition coefficient (Wildman–Crippen LogP) is 3.41. The highest BCUT2D eigenvalue weighted by Gasteiger charge is 2.31. The summed E-state index contributed by atoms with van der Waals surface area (Å²) in [6, 6.07) is 3.80. The molecule has 1 aromatic carbocycles. The van der Waals surface area contributed by atoms with Crippen LogP contribution in [-0.2, 0) is 14.9 Å². The number of allylic oxidation sites excluding steroid dienone is 1. The topological polar surface area (TPSA) is 44.8 Å². The monoisotopic (exact) mass is 292 g/mol. The van der Waals surface area contributed by atoms with Gasteiger partial charge in [0.25, 0.3) is 0 Å². The molecule has 0 bridgehead atoms. The average Bonchev–Trinajstić information content (AvgIpc) is 2.46. The Morgan fingerprint density at radius 3 is 2.38 bits per heavy atom. The molecule has 0 heterocycles. The highest BCUT2D eigenvalue weighted by Crippen LogP contribution is 2.39. The van der Waals surface area contributed by atoms with Crippen LogP contribution in [0.3, 0.4) is 0 Å². The number of methoxy groups -OCH3 is 2. The van der Waals surface area contributed by atoms with E-state index in [1.54, 1.807) is 27.2 Å². The zero-order valence-electron chi connectivity index (χ0n) is 13.5. The molecule has 0 aliphatic carbocycles. The number of benzene rings is 1. The van der Waals surface area contributed by atoms with Gasteiger partial charge in [-0.05, 0) is 31.5 Å². The Labute approximate surface area is 126 Å². The van der Waals surface area contributed by atoms with Crippen LogP contribution in [0.1, 0.15) is 31.4 Å². The second-order valence-electron chi connectivity index (χ2n) is 5.13. The van der Waals surface area contributed by atoms with Gasteiger partial charge in [0.05, 0.1) is 27.2 Å². The third kappa shape index (κ3) is 3.78. The molecule has 1 atom stereocenters. The second kappa shape index (κ2) is 7.16. The first-order chi connectivity index (χ1) is 9.91. The van der Waals surface area contributed by atoms with E-state index in [0.29, 0.717) is 12.4 Å². The molecule has 21 heavy (non-hydrogen) atoms. The van der Waals surface area contributed by atoms with E-state index in [-0.39, 0.29) is 12.4 Å². The molecule has 4 heteroatoms. The Morgan fingerprint density at radius 2 is 1.90 bits per heavy atom. The Bertz CT molecular complexity index is 522. The normalized spacial score (nSPS) is 13.2. The van der Waals surface area contributed by atoms with Gasteiger partial charge >= 0.3 is 5.97 Å². The van der Waals surface area contributed by atoms with Crippen molar-refractivity contribution in [3.05, 3.63) is 35.9 Å². The highest BCUT2D eigenvalue weighted by atomic mass is 16.5. The summed E-state index contributed by atoms with van der Waals surface area (Å²) in [6.45, 7) is 9.90. The molecule has 1 aromatic rings. The van der Waals surface area contributed by atoms with E-state index < -0.39 is 5.41 Å². The fraction of sp³-hybridized carbons (Fsp3) is 0.471. The molecule has 0 fully saturated rings. The lowest BCUT2D eigenvalue weighted by atomic mass is 9.78. The molecular weight excluding hydrogens is 268 g/mol. The molecule has 116 valence electrons. The van der Waals surface area contributed by atoms with Crippen molar-refractivity contribution in [2.75, 3.05) is 20.8 Å². The zero-order valence-corrected chi connectivity index (χ0v) is 13.5. The first kappa shape index (κ1) is 17.1. The van der Waals surface area contributed by atoms with Crippen LogP contribution in [0.5, 0.6) is 11.5 Å². The Morgan fingerprint density at radius 1 is 1.29 bits per heavy atom. The quantitative estimate of drug-likeness (QED) is 0.570. The van der Waals surface area contributed by atoms with Crippen molar-refractivity contribution in [1.29, 1.82) is 0 Å². The molecular formula is C17H24O4. The van der Waals surface area contributed by atoms with Crippen LogP contribution in [0.25, 0.3) is 0 Å². The van der Waals surface area contributed by atoms with Crippen molar-refractivity contribution in [2.45, 2.75) is 32.6 Å². The molecule has 1 rings (SSSR count). The van der Waals surface area contributed by atoms with Crippen molar-refractivity contribution in [2.24, 2.45) is 0 Å². The van der Waals surface area contributed by atoms with Crippen molar-refractivity contribution in [3.63, 3.8) is 0 Å². The van der Waals surface area contributed by atoms with Gasteiger partial charge in [0.1, 0.15) is 11.5 Å². The number of ether oxygens (including phenoxy) is 3. The van der Waals surface area contributed by atoms with E-state index >= 15 is 0 Å². The zero-order chi connectivity index (χ0) is 16.0. The number of rotatable bonds is 7. The van der Waals surface area contributed by atoms with Crippen LogP contribution in [0.4, 0.5) is 0 Å². The van der Waals surface area contributed by atoms with Gasteiger partial charge in [-0.1, -0.05) is 13.0 Å². The van der Waals surface area contributed by atoms with E-state index in [9.17, 15) is 4.79 Å². The first-order valence-electron chi connectivity index (χ1n) is 6.94. The lowest BCUT2D eigenvalue weighted by molar-refractivity contribution is -0.144. The summed E-state index contributed by atoms with van der Waals surface area (Å²) in [6.07, 6.45) is 1.95. The maximum Gasteiger partial charge on any atom is 0.306 e. The summed E-state index contributed by atoms with van der Waals surface area (Å²) in [5.74, 6) is 1.20. The van der Waals surface area contributed by atoms with Crippen LogP contribution < -0.4 is 9.47 Å². The van der Waals surface area contributed by atoms with Gasteiger partial charge in [0.2, 0.25) is 0 Å². The molecule has 0 N–H and O–H groups in total. The van der Waals surface area contributed by atoms with E-state index in [1.807, 2.05) is 26.0 Å². The lowest BCUT2D eigenvalue weighted by Gasteiger charge is -2.28. The van der Waals surface area contributed by atoms with Crippen molar-refractivity contribution in [3.8, 4) is 11.5 Å². The first-order valence-corrected chi connectivity index (χ1v) is 6.94. The Balaban J connectivity index is 3.31. The minimum atomic E-state index is -0.585. The summed E-state index contributed by atoms with van der Waals surface area (Å²) in [4.78, 5) is 11.9. The summed E-state index contributed by atoms with van der Waals surface area (Å²) in [5.41, 5.74) is 1.25. The summed E-state index contributed by atoms with van der Waals surface area (Å²) in [5, 5.41) is 0. The fourth-order valence-electron chi connectivity index (χ4n) is 2.29. The Hall–Kier alpha value is -1.97. The van der Waals surface area contributed by atoms with Gasteiger partial charge in [-0.25, -0.2) is 0 Å². The number of esters is 1. The predicted molar refractivity (Wildman–Crippen MR) is 83.1 cm³/mol. The van der Waals surface area contributed by atoms with Gasteiger partial charge < -0.3 is 14.2 Å². The van der Waals surface area contributed by atoms with E-state index in [1.165, 1.54) is 0 Å². The molecule has 4 nitrogen and oxygen atoms in total. The van der Waals surface area contributed by atoms with Gasteiger partial charge in [-0.2, -0.15) is 0 Å². The molecule has 0 amide bonds. The standard InChI is InChI=1S/C17H24O4/c1-7-17(4,11-16(18)21-8-2)13-10-14(19-5)12(3)9-15(13)20-6/h7,9-10H,1,8,11H2,2-6H3. The van der Waals surface area contributed by atoms with Gasteiger partial charge in [0.15, 0.2) is 0 Å². The van der Waals surface area contributed by atoms with E-state index in [2.05, 4.69) is 6.58 Å². The molecule has 0 aliphatic heterocycles. The number of carbonyl (C=O) groups excluding carboxylic acids is 1. The van der Waals surface area contributed by atoms with Crippen molar-refractivity contribution >= 4 is 5.97 Å². The lowest BCUT2D eigenvalue weighted by Crippen LogP contribution is -2.25. The number of aryl methyl sites for hydroxylation is 1. The second-order valence-corrected chi connectivity index (χ2v) is 5.13. The maximum atomic E-state index is 11.9. The average molecular weight is 292 g/mol. The van der Waals surface area contributed by atoms with Crippen LogP contribution in [0.2, 0.25) is 0 Å². The minimum Gasteiger partial charge on any atom is -0.496 e. The highest BCUT2D eigenvalue weighted by molar-refractivity contribution is 5.72. The van der Waals surface area contributed by atoms with Crippen LogP contribution in [-0.4, -0.2) is 26.8 Å². The minimum absolute atomic E-state index is 0.201. The summed E-state index contributed by atoms with van der Waals surface area (Å²) in [7, 11) is 3.23. The fourth-order valence-corrected chi connectivity index (χ4v) is 2.29. The molecule has 1 unspecified atom stereocenters. The molecule has 0 saturated carbocycles. The van der Waals surface area contributed by atoms with Gasteiger partial charge in [-0.15, -0.1) is 6.58 Å². The van der Waals surface area contributed by atoms with Gasteiger partial charge in [-0.3, -0.25) is 4.79 Å². The van der Waals surface area contributed by atoms with Crippen LogP contribution >= 0.6 is 0 Å². The summed E-state index contributed by atoms with van der Waals surface area (Å²) >= 11 is 0. The summed E-state index contributed by atoms with van der Waals surface area (Å²) < 4.78 is 15.9. The maximum absolute atomic E-state index is 11.9. The molecule has 0 aliphatic rings.